The molecule has 0 aliphatic carbocycles. The van der Waals surface area contributed by atoms with Gasteiger partial charge in [0, 0.05) is 16.7 Å². The van der Waals surface area contributed by atoms with E-state index in [2.05, 4.69) is 10.2 Å². The van der Waals surface area contributed by atoms with E-state index in [9.17, 15) is 4.79 Å². The number of esters is 1. The summed E-state index contributed by atoms with van der Waals surface area (Å²) in [5.41, 5.74) is 1.47. The zero-order chi connectivity index (χ0) is 19.2. The number of hydrogen-bond donors (Lipinski definition) is 0. The van der Waals surface area contributed by atoms with Crippen LogP contribution < -0.4 is 4.74 Å². The maximum absolute atomic E-state index is 12.0. The first kappa shape index (κ1) is 18.7. The fraction of sp³-hybridized carbons (Fsp3) is 0.150. The highest BCUT2D eigenvalue weighted by Gasteiger charge is 2.18. The minimum atomic E-state index is -0.687. The van der Waals surface area contributed by atoms with Crippen LogP contribution in [0.5, 0.6) is 5.75 Å². The summed E-state index contributed by atoms with van der Waals surface area (Å²) in [7, 11) is 1.59. The molecule has 1 aromatic heterocycles. The molecule has 0 amide bonds. The van der Waals surface area contributed by atoms with Gasteiger partial charge in [-0.25, -0.2) is 4.79 Å². The van der Waals surface area contributed by atoms with Crippen molar-refractivity contribution in [3.05, 3.63) is 71.1 Å². The lowest BCUT2D eigenvalue weighted by atomic mass is 10.2. The van der Waals surface area contributed by atoms with Crippen molar-refractivity contribution in [3.8, 4) is 17.2 Å². The van der Waals surface area contributed by atoms with E-state index in [-0.39, 0.29) is 5.89 Å². The van der Waals surface area contributed by atoms with E-state index < -0.39 is 12.1 Å². The predicted molar refractivity (Wildman–Crippen MR) is 101 cm³/mol. The van der Waals surface area contributed by atoms with E-state index in [1.807, 2.05) is 12.1 Å². The Bertz CT molecular complexity index is 951. The smallest absolute Gasteiger partial charge is 0.331 e. The van der Waals surface area contributed by atoms with Crippen LogP contribution in [0.3, 0.4) is 0 Å². The summed E-state index contributed by atoms with van der Waals surface area (Å²) in [6.45, 7) is 1.66. The molecule has 0 N–H and O–H groups in total. The molecule has 1 heterocycles. The van der Waals surface area contributed by atoms with Crippen LogP contribution in [0.2, 0.25) is 5.02 Å². The summed E-state index contributed by atoms with van der Waals surface area (Å²) in [6.07, 6.45) is 2.21. The quantitative estimate of drug-likeness (QED) is 0.452. The zero-order valence-electron chi connectivity index (χ0n) is 14.8. The van der Waals surface area contributed by atoms with Crippen molar-refractivity contribution >= 4 is 23.6 Å². The fourth-order valence-corrected chi connectivity index (χ4v) is 2.48. The standard InChI is InChI=1S/C20H17ClN2O4/c1-13(26-18(24)12-9-14-5-3-4-6-17(14)21)19-22-23-20(27-19)15-7-10-16(25-2)11-8-15/h3-13H,1-2H3/b12-9+/t13-/m1/s1. The number of hydrogen-bond acceptors (Lipinski definition) is 6. The van der Waals surface area contributed by atoms with Gasteiger partial charge in [0.2, 0.25) is 5.89 Å². The topological polar surface area (TPSA) is 74.5 Å². The molecule has 0 spiro atoms. The Balaban J connectivity index is 1.64. The number of halogens is 1. The van der Waals surface area contributed by atoms with Gasteiger partial charge < -0.3 is 13.9 Å². The average molecular weight is 385 g/mol. The number of carbonyl (C=O) groups is 1. The Labute approximate surface area is 161 Å². The lowest BCUT2D eigenvalue weighted by Gasteiger charge is -2.07. The number of carbonyl (C=O) groups excluding carboxylic acids is 1. The van der Waals surface area contributed by atoms with Gasteiger partial charge in [-0.15, -0.1) is 10.2 Å². The van der Waals surface area contributed by atoms with E-state index in [0.29, 0.717) is 10.9 Å². The van der Waals surface area contributed by atoms with Crippen molar-refractivity contribution in [3.63, 3.8) is 0 Å². The lowest BCUT2D eigenvalue weighted by molar-refractivity contribution is -0.143. The number of rotatable bonds is 6. The van der Waals surface area contributed by atoms with Gasteiger partial charge in [0.25, 0.3) is 5.89 Å². The van der Waals surface area contributed by atoms with Gasteiger partial charge in [-0.05, 0) is 48.9 Å². The van der Waals surface area contributed by atoms with E-state index in [1.54, 1.807) is 56.5 Å². The van der Waals surface area contributed by atoms with Gasteiger partial charge in [0.1, 0.15) is 5.75 Å². The average Bonchev–Trinajstić information content (AvgIpc) is 3.18. The minimum absolute atomic E-state index is 0.209. The molecule has 7 heteroatoms. The molecule has 0 aliphatic rings. The van der Waals surface area contributed by atoms with Crippen LogP contribution in [0.15, 0.2) is 59.0 Å². The van der Waals surface area contributed by atoms with Crippen molar-refractivity contribution < 1.29 is 18.7 Å². The maximum Gasteiger partial charge on any atom is 0.331 e. The summed E-state index contributed by atoms with van der Waals surface area (Å²) >= 11 is 6.04. The number of nitrogens with zero attached hydrogens (tertiary/aromatic N) is 2. The van der Waals surface area contributed by atoms with Gasteiger partial charge in [-0.1, -0.05) is 29.8 Å². The molecule has 0 fully saturated rings. The first-order valence-electron chi connectivity index (χ1n) is 8.18. The SMILES string of the molecule is COc1ccc(-c2nnc([C@@H](C)OC(=O)/C=C/c3ccccc3Cl)o2)cc1. The molecule has 27 heavy (non-hydrogen) atoms. The van der Waals surface area contributed by atoms with Gasteiger partial charge in [-0.2, -0.15) is 0 Å². The first-order valence-corrected chi connectivity index (χ1v) is 8.55. The van der Waals surface area contributed by atoms with Crippen LogP contribution in [0, 0.1) is 0 Å². The monoisotopic (exact) mass is 384 g/mol. The summed E-state index contributed by atoms with van der Waals surface area (Å²) in [4.78, 5) is 12.0. The Morgan fingerprint density at radius 2 is 1.89 bits per heavy atom. The van der Waals surface area contributed by atoms with Crippen molar-refractivity contribution in [2.45, 2.75) is 13.0 Å². The van der Waals surface area contributed by atoms with Gasteiger partial charge in [0.15, 0.2) is 6.10 Å². The number of benzene rings is 2. The molecule has 0 saturated heterocycles. The van der Waals surface area contributed by atoms with Crippen molar-refractivity contribution in [2.75, 3.05) is 7.11 Å². The van der Waals surface area contributed by atoms with Crippen LogP contribution in [0.4, 0.5) is 0 Å². The van der Waals surface area contributed by atoms with Gasteiger partial charge in [-0.3, -0.25) is 0 Å². The summed E-state index contributed by atoms with van der Waals surface area (Å²) < 4.78 is 16.0. The Morgan fingerprint density at radius 1 is 1.15 bits per heavy atom. The van der Waals surface area contributed by atoms with Crippen LogP contribution >= 0.6 is 11.6 Å². The van der Waals surface area contributed by atoms with E-state index in [0.717, 1.165) is 16.9 Å². The second-order valence-electron chi connectivity index (χ2n) is 5.61. The van der Waals surface area contributed by atoms with E-state index in [1.165, 1.54) is 6.08 Å². The van der Waals surface area contributed by atoms with Crippen LogP contribution in [0.25, 0.3) is 17.5 Å². The Morgan fingerprint density at radius 3 is 2.59 bits per heavy atom. The molecule has 0 saturated carbocycles. The Hall–Kier alpha value is -3.12. The highest BCUT2D eigenvalue weighted by Crippen LogP contribution is 2.24. The number of methoxy groups -OCH3 is 1. The first-order chi connectivity index (χ1) is 13.1. The molecule has 6 nitrogen and oxygen atoms in total. The fourth-order valence-electron chi connectivity index (χ4n) is 2.28. The molecule has 0 bridgehead atoms. The van der Waals surface area contributed by atoms with Crippen LogP contribution in [0.1, 0.15) is 24.5 Å². The molecule has 0 aliphatic heterocycles. The van der Waals surface area contributed by atoms with E-state index in [4.69, 9.17) is 25.5 Å². The summed E-state index contributed by atoms with van der Waals surface area (Å²) in [5.74, 6) is 0.736. The van der Waals surface area contributed by atoms with Crippen LogP contribution in [-0.2, 0) is 9.53 Å². The third-order valence-corrected chi connectivity index (χ3v) is 4.07. The van der Waals surface area contributed by atoms with Gasteiger partial charge in [0.05, 0.1) is 7.11 Å². The molecule has 1 atom stereocenters. The second kappa shape index (κ2) is 8.51. The molecule has 3 rings (SSSR count). The summed E-state index contributed by atoms with van der Waals surface area (Å²) in [5, 5.41) is 8.49. The third-order valence-electron chi connectivity index (χ3n) is 3.72. The number of aromatic nitrogens is 2. The van der Waals surface area contributed by atoms with Crippen molar-refractivity contribution in [1.82, 2.24) is 10.2 Å². The predicted octanol–water partition coefficient (Wildman–Crippen LogP) is 4.72. The van der Waals surface area contributed by atoms with Crippen molar-refractivity contribution in [1.29, 1.82) is 0 Å². The Kier molecular flexibility index (Phi) is 5.88. The zero-order valence-corrected chi connectivity index (χ0v) is 15.5. The largest absolute Gasteiger partial charge is 0.497 e. The second-order valence-corrected chi connectivity index (χ2v) is 6.02. The highest BCUT2D eigenvalue weighted by molar-refractivity contribution is 6.32. The lowest BCUT2D eigenvalue weighted by Crippen LogP contribution is -2.06. The molecule has 0 radical (unpaired) electrons. The third kappa shape index (κ3) is 4.74. The molecular weight excluding hydrogens is 368 g/mol. The minimum Gasteiger partial charge on any atom is -0.497 e. The maximum atomic E-state index is 12.0. The molecule has 138 valence electrons. The van der Waals surface area contributed by atoms with E-state index >= 15 is 0 Å². The van der Waals surface area contributed by atoms with Crippen LogP contribution in [-0.4, -0.2) is 23.3 Å². The highest BCUT2D eigenvalue weighted by atomic mass is 35.5. The molecular formula is C20H17ClN2O4. The molecule has 2 aromatic carbocycles. The van der Waals surface area contributed by atoms with Crippen molar-refractivity contribution in [2.24, 2.45) is 0 Å². The molecule has 0 unspecified atom stereocenters. The number of ether oxygens (including phenoxy) is 2. The van der Waals surface area contributed by atoms with Gasteiger partial charge >= 0.3 is 5.97 Å². The summed E-state index contributed by atoms with van der Waals surface area (Å²) in [6, 6.07) is 14.4. The molecule has 3 aromatic rings. The normalized spacial score (nSPS) is 12.1.